The van der Waals surface area contributed by atoms with Gasteiger partial charge in [0.05, 0.1) is 12.2 Å². The Kier molecular flexibility index (Phi) is 6.29. The van der Waals surface area contributed by atoms with Crippen LogP contribution in [0.2, 0.25) is 0 Å². The van der Waals surface area contributed by atoms with E-state index in [2.05, 4.69) is 34.8 Å². The first-order valence-electron chi connectivity index (χ1n) is 5.93. The summed E-state index contributed by atoms with van der Waals surface area (Å²) in [6.07, 6.45) is 3.26. The van der Waals surface area contributed by atoms with Crippen molar-refractivity contribution in [2.24, 2.45) is 5.92 Å². The van der Waals surface area contributed by atoms with E-state index in [1.54, 1.807) is 30.5 Å². The number of pyridine rings is 1. The van der Waals surface area contributed by atoms with Crippen LogP contribution in [0, 0.1) is 5.92 Å². The van der Waals surface area contributed by atoms with Crippen molar-refractivity contribution in [3.63, 3.8) is 0 Å². The summed E-state index contributed by atoms with van der Waals surface area (Å²) in [5.41, 5.74) is 0.598. The maximum absolute atomic E-state index is 12.3. The standard InChI is InChI=1S/C13H19BrN2O2/c1-10(2)9-16(4-5-18-3)13(17)11-6-12(14)8-15-7-11/h6-8,10H,4-5,9H2,1-3H3. The number of ether oxygens (including phenoxy) is 1. The summed E-state index contributed by atoms with van der Waals surface area (Å²) in [7, 11) is 1.64. The normalized spacial score (nSPS) is 10.7. The van der Waals surface area contributed by atoms with Gasteiger partial charge in [-0.3, -0.25) is 9.78 Å². The van der Waals surface area contributed by atoms with E-state index in [1.165, 1.54) is 0 Å². The number of amides is 1. The number of carbonyl (C=O) groups excluding carboxylic acids is 1. The first kappa shape index (κ1) is 15.1. The second-order valence-corrected chi connectivity index (χ2v) is 5.45. The third kappa shape index (κ3) is 4.74. The molecule has 0 aromatic carbocycles. The van der Waals surface area contributed by atoms with Crippen LogP contribution in [0.3, 0.4) is 0 Å². The van der Waals surface area contributed by atoms with Crippen LogP contribution in [-0.2, 0) is 4.74 Å². The molecule has 0 radical (unpaired) electrons. The third-order valence-corrected chi connectivity index (χ3v) is 2.82. The zero-order chi connectivity index (χ0) is 13.5. The third-order valence-electron chi connectivity index (χ3n) is 2.39. The van der Waals surface area contributed by atoms with Crippen LogP contribution in [0.1, 0.15) is 24.2 Å². The van der Waals surface area contributed by atoms with E-state index in [0.717, 1.165) is 4.47 Å². The van der Waals surface area contributed by atoms with Gasteiger partial charge in [-0.05, 0) is 27.9 Å². The SMILES string of the molecule is COCCN(CC(C)C)C(=O)c1cncc(Br)c1. The van der Waals surface area contributed by atoms with Crippen LogP contribution < -0.4 is 0 Å². The number of rotatable bonds is 6. The summed E-state index contributed by atoms with van der Waals surface area (Å²) in [6, 6.07) is 1.79. The van der Waals surface area contributed by atoms with Gasteiger partial charge in [-0.15, -0.1) is 0 Å². The highest BCUT2D eigenvalue weighted by Gasteiger charge is 2.17. The fraction of sp³-hybridized carbons (Fsp3) is 0.538. The highest BCUT2D eigenvalue weighted by atomic mass is 79.9. The molecule has 1 heterocycles. The lowest BCUT2D eigenvalue weighted by Crippen LogP contribution is -2.36. The molecule has 0 bridgehead atoms. The van der Waals surface area contributed by atoms with Crippen LogP contribution >= 0.6 is 15.9 Å². The molecule has 0 aliphatic carbocycles. The molecule has 0 aliphatic rings. The number of hydrogen-bond donors (Lipinski definition) is 0. The Bertz CT molecular complexity index is 396. The van der Waals surface area contributed by atoms with Crippen molar-refractivity contribution in [2.75, 3.05) is 26.8 Å². The molecule has 1 amide bonds. The van der Waals surface area contributed by atoms with Crippen LogP contribution in [0.15, 0.2) is 22.9 Å². The monoisotopic (exact) mass is 314 g/mol. The molecule has 0 aliphatic heterocycles. The predicted molar refractivity (Wildman–Crippen MR) is 74.6 cm³/mol. The summed E-state index contributed by atoms with van der Waals surface area (Å²) in [6.45, 7) is 6.03. The van der Waals surface area contributed by atoms with E-state index in [4.69, 9.17) is 4.74 Å². The molecule has 18 heavy (non-hydrogen) atoms. The minimum atomic E-state index is -0.00505. The first-order chi connectivity index (χ1) is 8.54. The zero-order valence-electron chi connectivity index (χ0n) is 11.0. The topological polar surface area (TPSA) is 42.4 Å². The molecular formula is C13H19BrN2O2. The maximum atomic E-state index is 12.3. The number of aromatic nitrogens is 1. The largest absolute Gasteiger partial charge is 0.383 e. The van der Waals surface area contributed by atoms with Crippen molar-refractivity contribution in [3.8, 4) is 0 Å². The van der Waals surface area contributed by atoms with E-state index < -0.39 is 0 Å². The van der Waals surface area contributed by atoms with Gasteiger partial charge in [0.25, 0.3) is 5.91 Å². The predicted octanol–water partition coefficient (Wildman–Crippen LogP) is 2.59. The van der Waals surface area contributed by atoms with Gasteiger partial charge in [0.1, 0.15) is 0 Å². The molecule has 0 saturated heterocycles. The molecule has 0 saturated carbocycles. The molecule has 100 valence electrons. The van der Waals surface area contributed by atoms with Gasteiger partial charge >= 0.3 is 0 Å². The molecule has 4 nitrogen and oxygen atoms in total. The van der Waals surface area contributed by atoms with Gasteiger partial charge in [-0.25, -0.2) is 0 Å². The second kappa shape index (κ2) is 7.48. The van der Waals surface area contributed by atoms with Gasteiger partial charge in [0, 0.05) is 37.1 Å². The van der Waals surface area contributed by atoms with Gasteiger partial charge in [-0.2, -0.15) is 0 Å². The summed E-state index contributed by atoms with van der Waals surface area (Å²) in [5.74, 6) is 0.417. The molecule has 0 atom stereocenters. The number of nitrogens with zero attached hydrogens (tertiary/aromatic N) is 2. The Hall–Kier alpha value is -0.940. The number of carbonyl (C=O) groups is 1. The summed E-state index contributed by atoms with van der Waals surface area (Å²) >= 11 is 3.33. The number of methoxy groups -OCH3 is 1. The summed E-state index contributed by atoms with van der Waals surface area (Å²) in [5, 5.41) is 0. The average Bonchev–Trinajstić information content (AvgIpc) is 2.33. The van der Waals surface area contributed by atoms with Gasteiger partial charge in [-0.1, -0.05) is 13.8 Å². The fourth-order valence-electron chi connectivity index (χ4n) is 1.63. The Morgan fingerprint density at radius 1 is 1.50 bits per heavy atom. The molecule has 0 fully saturated rings. The zero-order valence-corrected chi connectivity index (χ0v) is 12.6. The molecule has 1 aromatic heterocycles. The van der Waals surface area contributed by atoms with Crippen molar-refractivity contribution in [1.29, 1.82) is 0 Å². The lowest BCUT2D eigenvalue weighted by molar-refractivity contribution is 0.0672. The van der Waals surface area contributed by atoms with Crippen molar-refractivity contribution in [1.82, 2.24) is 9.88 Å². The number of hydrogen-bond acceptors (Lipinski definition) is 3. The highest BCUT2D eigenvalue weighted by Crippen LogP contribution is 2.12. The van der Waals surface area contributed by atoms with Crippen LogP contribution in [0.4, 0.5) is 0 Å². The van der Waals surface area contributed by atoms with Crippen molar-refractivity contribution in [3.05, 3.63) is 28.5 Å². The van der Waals surface area contributed by atoms with E-state index in [9.17, 15) is 4.79 Å². The van der Waals surface area contributed by atoms with Crippen molar-refractivity contribution >= 4 is 21.8 Å². The van der Waals surface area contributed by atoms with E-state index >= 15 is 0 Å². The average molecular weight is 315 g/mol. The van der Waals surface area contributed by atoms with Gasteiger partial charge in [0.2, 0.25) is 0 Å². The van der Waals surface area contributed by atoms with Crippen LogP contribution in [0.25, 0.3) is 0 Å². The van der Waals surface area contributed by atoms with Gasteiger partial charge < -0.3 is 9.64 Å². The van der Waals surface area contributed by atoms with E-state index in [0.29, 0.717) is 31.2 Å². The molecule has 0 spiro atoms. The Labute approximate surface area is 116 Å². The quantitative estimate of drug-likeness (QED) is 0.810. The molecular weight excluding hydrogens is 296 g/mol. The first-order valence-corrected chi connectivity index (χ1v) is 6.72. The molecule has 0 unspecified atom stereocenters. The minimum Gasteiger partial charge on any atom is -0.383 e. The Morgan fingerprint density at radius 2 is 2.22 bits per heavy atom. The van der Waals surface area contributed by atoms with Gasteiger partial charge in [0.15, 0.2) is 0 Å². The molecule has 5 heteroatoms. The minimum absolute atomic E-state index is 0.00505. The molecule has 1 aromatic rings. The van der Waals surface area contributed by atoms with Crippen LogP contribution in [-0.4, -0.2) is 42.6 Å². The Balaban J connectivity index is 2.80. The van der Waals surface area contributed by atoms with Crippen LogP contribution in [0.5, 0.6) is 0 Å². The van der Waals surface area contributed by atoms with Crippen molar-refractivity contribution in [2.45, 2.75) is 13.8 Å². The summed E-state index contributed by atoms with van der Waals surface area (Å²) in [4.78, 5) is 18.2. The fourth-order valence-corrected chi connectivity index (χ4v) is 1.99. The lowest BCUT2D eigenvalue weighted by atomic mass is 10.2. The second-order valence-electron chi connectivity index (χ2n) is 4.53. The van der Waals surface area contributed by atoms with E-state index in [-0.39, 0.29) is 5.91 Å². The Morgan fingerprint density at radius 3 is 2.78 bits per heavy atom. The molecule has 1 rings (SSSR count). The van der Waals surface area contributed by atoms with Crippen molar-refractivity contribution < 1.29 is 9.53 Å². The smallest absolute Gasteiger partial charge is 0.255 e. The highest BCUT2D eigenvalue weighted by molar-refractivity contribution is 9.10. The lowest BCUT2D eigenvalue weighted by Gasteiger charge is -2.24. The summed E-state index contributed by atoms with van der Waals surface area (Å²) < 4.78 is 5.85. The molecule has 0 N–H and O–H groups in total. The maximum Gasteiger partial charge on any atom is 0.255 e. The number of halogens is 1. The van der Waals surface area contributed by atoms with E-state index in [1.807, 2.05) is 0 Å².